The number of hydrogen-bond acceptors (Lipinski definition) is 2. The molecule has 3 nitrogen and oxygen atoms in total. The van der Waals surface area contributed by atoms with E-state index in [0.717, 1.165) is 29.4 Å². The summed E-state index contributed by atoms with van der Waals surface area (Å²) in [6.45, 7) is 1.43. The second-order valence-electron chi connectivity index (χ2n) is 4.88. The van der Waals surface area contributed by atoms with Crippen molar-refractivity contribution in [2.45, 2.75) is 12.8 Å². The Bertz CT molecular complexity index is 429. The molecule has 2 N–H and O–H groups in total. The molecule has 0 bridgehead atoms. The number of amides is 1. The van der Waals surface area contributed by atoms with Crippen LogP contribution in [0.15, 0.2) is 28.7 Å². The molecule has 1 aromatic carbocycles. The lowest BCUT2D eigenvalue weighted by atomic mass is 10.1. The second kappa shape index (κ2) is 4.78. The molecule has 0 radical (unpaired) electrons. The van der Waals surface area contributed by atoms with Gasteiger partial charge in [0.2, 0.25) is 0 Å². The van der Waals surface area contributed by atoms with Gasteiger partial charge in [0.15, 0.2) is 0 Å². The van der Waals surface area contributed by atoms with Gasteiger partial charge in [-0.1, -0.05) is 22.0 Å². The van der Waals surface area contributed by atoms with E-state index in [1.165, 1.54) is 0 Å². The number of nitrogens with two attached hydrogens (primary N) is 1. The van der Waals surface area contributed by atoms with Gasteiger partial charge in [0.05, 0.1) is 0 Å². The van der Waals surface area contributed by atoms with Crippen LogP contribution in [0.5, 0.6) is 0 Å². The van der Waals surface area contributed by atoms with Crippen LogP contribution in [0.1, 0.15) is 23.2 Å². The van der Waals surface area contributed by atoms with Crippen molar-refractivity contribution in [3.8, 4) is 0 Å². The summed E-state index contributed by atoms with van der Waals surface area (Å²) in [6.07, 6.45) is 2.28. The SMILES string of the molecule is CN(CC1(CN)CC1)C(=O)c1cccc(Br)c1. The summed E-state index contributed by atoms with van der Waals surface area (Å²) < 4.78 is 0.928. The first kappa shape index (κ1) is 12.6. The maximum atomic E-state index is 12.2. The Hall–Kier alpha value is -0.870. The molecule has 92 valence electrons. The maximum Gasteiger partial charge on any atom is 0.253 e. The van der Waals surface area contributed by atoms with Gasteiger partial charge in [0, 0.05) is 29.0 Å². The molecule has 0 atom stereocenters. The highest BCUT2D eigenvalue weighted by molar-refractivity contribution is 9.10. The van der Waals surface area contributed by atoms with E-state index in [1.54, 1.807) is 4.90 Å². The van der Waals surface area contributed by atoms with Gasteiger partial charge in [-0.25, -0.2) is 0 Å². The van der Waals surface area contributed by atoms with Crippen molar-refractivity contribution < 1.29 is 4.79 Å². The van der Waals surface area contributed by atoms with Gasteiger partial charge < -0.3 is 10.6 Å². The van der Waals surface area contributed by atoms with Crippen molar-refractivity contribution in [2.75, 3.05) is 20.1 Å². The van der Waals surface area contributed by atoms with Gasteiger partial charge in [-0.05, 0) is 37.6 Å². The summed E-state index contributed by atoms with van der Waals surface area (Å²) in [5.41, 5.74) is 6.64. The fourth-order valence-electron chi connectivity index (χ4n) is 2.02. The quantitative estimate of drug-likeness (QED) is 0.926. The largest absolute Gasteiger partial charge is 0.341 e. The molecule has 1 aliphatic rings. The molecule has 0 aromatic heterocycles. The minimum atomic E-state index is 0.0611. The number of benzene rings is 1. The molecule has 0 heterocycles. The number of halogens is 1. The van der Waals surface area contributed by atoms with E-state index in [1.807, 2.05) is 31.3 Å². The Morgan fingerprint density at radius 3 is 2.76 bits per heavy atom. The number of carbonyl (C=O) groups is 1. The molecule has 0 unspecified atom stereocenters. The topological polar surface area (TPSA) is 46.3 Å². The molecule has 1 aliphatic carbocycles. The van der Waals surface area contributed by atoms with Gasteiger partial charge in [-0.15, -0.1) is 0 Å². The Balaban J connectivity index is 2.04. The second-order valence-corrected chi connectivity index (χ2v) is 5.79. The van der Waals surface area contributed by atoms with Crippen molar-refractivity contribution in [1.82, 2.24) is 4.90 Å². The maximum absolute atomic E-state index is 12.2. The molecule has 1 amide bonds. The monoisotopic (exact) mass is 296 g/mol. The van der Waals surface area contributed by atoms with E-state index in [0.29, 0.717) is 6.54 Å². The van der Waals surface area contributed by atoms with E-state index in [9.17, 15) is 4.79 Å². The minimum Gasteiger partial charge on any atom is -0.341 e. The third-order valence-corrected chi connectivity index (χ3v) is 3.87. The van der Waals surface area contributed by atoms with Crippen LogP contribution in [-0.2, 0) is 0 Å². The Labute approximate surface area is 110 Å². The zero-order valence-corrected chi connectivity index (χ0v) is 11.5. The van der Waals surface area contributed by atoms with Crippen LogP contribution >= 0.6 is 15.9 Å². The normalized spacial score (nSPS) is 16.6. The summed E-state index contributed by atoms with van der Waals surface area (Å²) in [5.74, 6) is 0.0611. The van der Waals surface area contributed by atoms with Crippen molar-refractivity contribution in [2.24, 2.45) is 11.1 Å². The number of nitrogens with zero attached hydrogens (tertiary/aromatic N) is 1. The summed E-state index contributed by atoms with van der Waals surface area (Å²) in [4.78, 5) is 14.0. The Kier molecular flexibility index (Phi) is 3.54. The van der Waals surface area contributed by atoms with Gasteiger partial charge >= 0.3 is 0 Å². The standard InChI is InChI=1S/C13H17BrN2O/c1-16(9-13(8-15)5-6-13)12(17)10-3-2-4-11(14)7-10/h2-4,7H,5-6,8-9,15H2,1H3. The van der Waals surface area contributed by atoms with E-state index < -0.39 is 0 Å². The molecule has 1 aromatic rings. The highest BCUT2D eigenvalue weighted by Crippen LogP contribution is 2.45. The lowest BCUT2D eigenvalue weighted by molar-refractivity contribution is 0.0766. The number of carbonyl (C=O) groups excluding carboxylic acids is 1. The molecular weight excluding hydrogens is 280 g/mol. The summed E-state index contributed by atoms with van der Waals surface area (Å²) >= 11 is 3.38. The highest BCUT2D eigenvalue weighted by Gasteiger charge is 2.42. The van der Waals surface area contributed by atoms with Crippen molar-refractivity contribution in [3.63, 3.8) is 0 Å². The van der Waals surface area contributed by atoms with Gasteiger partial charge in [0.25, 0.3) is 5.91 Å². The van der Waals surface area contributed by atoms with Crippen LogP contribution in [0.2, 0.25) is 0 Å². The fraction of sp³-hybridized carbons (Fsp3) is 0.462. The van der Waals surface area contributed by atoms with E-state index >= 15 is 0 Å². The van der Waals surface area contributed by atoms with E-state index in [4.69, 9.17) is 5.73 Å². The van der Waals surface area contributed by atoms with E-state index in [2.05, 4.69) is 15.9 Å². The van der Waals surface area contributed by atoms with Crippen LogP contribution < -0.4 is 5.73 Å². The smallest absolute Gasteiger partial charge is 0.253 e. The molecular formula is C13H17BrN2O. The fourth-order valence-corrected chi connectivity index (χ4v) is 2.42. The average molecular weight is 297 g/mol. The molecule has 0 spiro atoms. The molecule has 0 saturated heterocycles. The lowest BCUT2D eigenvalue weighted by Gasteiger charge is -2.23. The zero-order valence-electron chi connectivity index (χ0n) is 9.95. The summed E-state index contributed by atoms with van der Waals surface area (Å²) in [6, 6.07) is 7.48. The minimum absolute atomic E-state index is 0.0611. The number of rotatable bonds is 4. The first-order valence-corrected chi connectivity index (χ1v) is 6.57. The molecule has 1 saturated carbocycles. The molecule has 1 fully saturated rings. The van der Waals surface area contributed by atoms with Crippen molar-refractivity contribution in [3.05, 3.63) is 34.3 Å². The van der Waals surface area contributed by atoms with Gasteiger partial charge in [-0.2, -0.15) is 0 Å². The van der Waals surface area contributed by atoms with E-state index in [-0.39, 0.29) is 11.3 Å². The number of hydrogen-bond donors (Lipinski definition) is 1. The molecule has 4 heteroatoms. The predicted molar refractivity (Wildman–Crippen MR) is 71.8 cm³/mol. The average Bonchev–Trinajstić information content (AvgIpc) is 3.08. The van der Waals surface area contributed by atoms with Crippen molar-refractivity contribution in [1.29, 1.82) is 0 Å². The Morgan fingerprint density at radius 1 is 1.53 bits per heavy atom. The lowest BCUT2D eigenvalue weighted by Crippen LogP contribution is -2.35. The molecule has 17 heavy (non-hydrogen) atoms. The first-order chi connectivity index (χ1) is 8.06. The molecule has 0 aliphatic heterocycles. The predicted octanol–water partition coefficient (Wildman–Crippen LogP) is 2.26. The van der Waals surface area contributed by atoms with Crippen molar-refractivity contribution >= 4 is 21.8 Å². The molecule has 2 rings (SSSR count). The zero-order chi connectivity index (χ0) is 12.5. The highest BCUT2D eigenvalue weighted by atomic mass is 79.9. The first-order valence-electron chi connectivity index (χ1n) is 5.77. The summed E-state index contributed by atoms with van der Waals surface area (Å²) in [7, 11) is 1.85. The summed E-state index contributed by atoms with van der Waals surface area (Å²) in [5, 5.41) is 0. The third kappa shape index (κ3) is 2.87. The van der Waals surface area contributed by atoms with Gasteiger partial charge in [-0.3, -0.25) is 4.79 Å². The third-order valence-electron chi connectivity index (χ3n) is 3.38. The van der Waals surface area contributed by atoms with Crippen LogP contribution in [0.25, 0.3) is 0 Å². The van der Waals surface area contributed by atoms with Gasteiger partial charge in [0.1, 0.15) is 0 Å². The van der Waals surface area contributed by atoms with Crippen LogP contribution in [0.4, 0.5) is 0 Å². The van der Waals surface area contributed by atoms with Crippen LogP contribution in [-0.4, -0.2) is 30.9 Å². The Morgan fingerprint density at radius 2 is 2.24 bits per heavy atom. The van der Waals surface area contributed by atoms with Crippen LogP contribution in [0.3, 0.4) is 0 Å². The van der Waals surface area contributed by atoms with Crippen LogP contribution in [0, 0.1) is 5.41 Å².